The van der Waals surface area contributed by atoms with Gasteiger partial charge in [-0.3, -0.25) is 4.79 Å². The lowest BCUT2D eigenvalue weighted by atomic mass is 9.93. The molecule has 2 unspecified atom stereocenters. The largest absolute Gasteiger partial charge is 0.351 e. The summed E-state index contributed by atoms with van der Waals surface area (Å²) in [5.41, 5.74) is 1.54. The van der Waals surface area contributed by atoms with Gasteiger partial charge in [0, 0.05) is 31.4 Å². The highest BCUT2D eigenvalue weighted by Crippen LogP contribution is 2.28. The maximum atomic E-state index is 12.8. The van der Waals surface area contributed by atoms with Crippen molar-refractivity contribution >= 4 is 34.7 Å². The molecule has 7 nitrogen and oxygen atoms in total. The van der Waals surface area contributed by atoms with Crippen LogP contribution in [0.2, 0.25) is 5.02 Å². The molecule has 1 aromatic carbocycles. The van der Waals surface area contributed by atoms with E-state index in [2.05, 4.69) is 20.6 Å². The van der Waals surface area contributed by atoms with Crippen LogP contribution in [0.1, 0.15) is 23.2 Å². The number of aromatic nitrogens is 3. The van der Waals surface area contributed by atoms with E-state index in [4.69, 9.17) is 16.6 Å². The highest BCUT2D eigenvalue weighted by molar-refractivity contribution is 6.34. The maximum absolute atomic E-state index is 12.8. The molecule has 138 valence electrons. The molecule has 2 bridgehead atoms. The predicted molar refractivity (Wildman–Crippen MR) is 105 cm³/mol. The fourth-order valence-corrected chi connectivity index (χ4v) is 4.10. The maximum Gasteiger partial charge on any atom is 0.261 e. The summed E-state index contributed by atoms with van der Waals surface area (Å²) in [5, 5.41) is 11.2. The fraction of sp³-hybridized carbons (Fsp3) is 0.316. The van der Waals surface area contributed by atoms with Gasteiger partial charge >= 0.3 is 0 Å². The molecule has 6 rings (SSSR count). The molecular weight excluding hydrogens is 364 g/mol. The first-order chi connectivity index (χ1) is 13.2. The Bertz CT molecular complexity index is 1010. The third-order valence-electron chi connectivity index (χ3n) is 5.36. The lowest BCUT2D eigenvalue weighted by Gasteiger charge is -2.46. The van der Waals surface area contributed by atoms with Crippen LogP contribution in [0.15, 0.2) is 42.7 Å². The second kappa shape index (κ2) is 6.51. The molecule has 2 atom stereocenters. The number of carbonyl (C=O) groups excluding carboxylic acids is 1. The number of nitrogens with zero attached hydrogens (tertiary/aromatic N) is 4. The highest BCUT2D eigenvalue weighted by Gasteiger charge is 2.34. The number of hydrogen-bond donors (Lipinski definition) is 2. The Morgan fingerprint density at radius 1 is 1.26 bits per heavy atom. The van der Waals surface area contributed by atoms with E-state index in [0.717, 1.165) is 18.9 Å². The molecule has 0 aliphatic carbocycles. The minimum atomic E-state index is -0.274. The number of rotatable bonds is 3. The molecule has 0 saturated carbocycles. The van der Waals surface area contributed by atoms with Gasteiger partial charge in [0.15, 0.2) is 5.65 Å². The number of carbonyl (C=O) groups is 1. The van der Waals surface area contributed by atoms with Gasteiger partial charge in [0.2, 0.25) is 0 Å². The number of amides is 1. The Kier molecular flexibility index (Phi) is 3.98. The average molecular weight is 383 g/mol. The standard InChI is InChI=1S/C19H19ClN6O/c20-15-3-1-2-4-16(15)23-19(27)14-10-22-26-8-7-17(24-18(14)26)25-11-12-5-6-13(25)9-21-12/h1-4,7-8,10,12-13,21H,5-6,9,11H2,(H,23,27). The number of benzene rings is 1. The van der Waals surface area contributed by atoms with Crippen LogP contribution in [0.4, 0.5) is 11.5 Å². The number of piperazine rings is 1. The zero-order valence-corrected chi connectivity index (χ0v) is 15.4. The van der Waals surface area contributed by atoms with E-state index in [0.29, 0.717) is 34.0 Å². The Hall–Kier alpha value is -2.64. The van der Waals surface area contributed by atoms with Crippen LogP contribution in [-0.4, -0.2) is 45.7 Å². The highest BCUT2D eigenvalue weighted by atomic mass is 35.5. The molecule has 3 aliphatic heterocycles. The van der Waals surface area contributed by atoms with Crippen molar-refractivity contribution in [3.05, 3.63) is 53.3 Å². The summed E-state index contributed by atoms with van der Waals surface area (Å²) < 4.78 is 1.63. The fourth-order valence-electron chi connectivity index (χ4n) is 3.92. The van der Waals surface area contributed by atoms with Gasteiger partial charge in [0.05, 0.1) is 16.9 Å². The number of para-hydroxylation sites is 1. The smallest absolute Gasteiger partial charge is 0.261 e. The lowest BCUT2D eigenvalue weighted by molar-refractivity contribution is 0.102. The zero-order chi connectivity index (χ0) is 18.4. The summed E-state index contributed by atoms with van der Waals surface area (Å²) in [6.45, 7) is 1.93. The molecule has 3 aliphatic rings. The molecule has 3 aromatic rings. The Balaban J connectivity index is 1.47. The van der Waals surface area contributed by atoms with E-state index in [1.165, 1.54) is 12.8 Å². The third-order valence-corrected chi connectivity index (χ3v) is 5.69. The predicted octanol–water partition coefficient (Wildman–Crippen LogP) is 2.58. The van der Waals surface area contributed by atoms with Crippen LogP contribution in [0, 0.1) is 0 Å². The molecule has 0 radical (unpaired) electrons. The summed E-state index contributed by atoms with van der Waals surface area (Å²) in [4.78, 5) is 19.9. The Morgan fingerprint density at radius 3 is 2.89 bits per heavy atom. The molecule has 27 heavy (non-hydrogen) atoms. The Labute approximate surface area is 161 Å². The van der Waals surface area contributed by atoms with Gasteiger partial charge in [-0.05, 0) is 31.0 Å². The van der Waals surface area contributed by atoms with Crippen molar-refractivity contribution in [3.8, 4) is 0 Å². The quantitative estimate of drug-likeness (QED) is 0.728. The molecule has 3 fully saturated rings. The third kappa shape index (κ3) is 2.93. The first kappa shape index (κ1) is 16.5. The lowest BCUT2D eigenvalue weighted by Crippen LogP contribution is -2.61. The molecule has 1 amide bonds. The van der Waals surface area contributed by atoms with Gasteiger partial charge in [-0.1, -0.05) is 23.7 Å². The minimum absolute atomic E-state index is 0.274. The second-order valence-corrected chi connectivity index (χ2v) is 7.44. The van der Waals surface area contributed by atoms with E-state index in [1.54, 1.807) is 22.8 Å². The van der Waals surface area contributed by atoms with Crippen LogP contribution in [0.25, 0.3) is 5.65 Å². The van der Waals surface area contributed by atoms with Gasteiger partial charge in [-0.25, -0.2) is 9.50 Å². The molecule has 8 heteroatoms. The van der Waals surface area contributed by atoms with Crippen molar-refractivity contribution in [3.63, 3.8) is 0 Å². The Morgan fingerprint density at radius 2 is 2.15 bits per heavy atom. The molecule has 5 heterocycles. The van der Waals surface area contributed by atoms with E-state index in [1.807, 2.05) is 24.4 Å². The van der Waals surface area contributed by atoms with Crippen molar-refractivity contribution in [2.75, 3.05) is 23.3 Å². The zero-order valence-electron chi connectivity index (χ0n) is 14.6. The number of piperidine rings is 2. The summed E-state index contributed by atoms with van der Waals surface area (Å²) in [6.07, 6.45) is 5.78. The number of anilines is 2. The molecule has 2 N–H and O–H groups in total. The van der Waals surface area contributed by atoms with Crippen LogP contribution >= 0.6 is 11.6 Å². The summed E-state index contributed by atoms with van der Waals surface area (Å²) in [5.74, 6) is 0.621. The van der Waals surface area contributed by atoms with Gasteiger partial charge in [0.1, 0.15) is 11.4 Å². The number of fused-ring (bicyclic) bond motifs is 4. The SMILES string of the molecule is O=C(Nc1ccccc1Cl)c1cnn2ccc(N3CC4CCC3CN4)nc12. The normalized spacial score (nSPS) is 21.6. The molecule has 3 saturated heterocycles. The monoisotopic (exact) mass is 382 g/mol. The second-order valence-electron chi connectivity index (χ2n) is 7.03. The topological polar surface area (TPSA) is 74.6 Å². The van der Waals surface area contributed by atoms with E-state index in [9.17, 15) is 4.79 Å². The molecule has 2 aromatic heterocycles. The first-order valence-corrected chi connectivity index (χ1v) is 9.47. The number of hydrogen-bond acceptors (Lipinski definition) is 5. The van der Waals surface area contributed by atoms with Gasteiger partial charge in [0.25, 0.3) is 5.91 Å². The van der Waals surface area contributed by atoms with Gasteiger partial charge < -0.3 is 15.5 Å². The van der Waals surface area contributed by atoms with Crippen molar-refractivity contribution < 1.29 is 4.79 Å². The van der Waals surface area contributed by atoms with Crippen LogP contribution in [-0.2, 0) is 0 Å². The van der Waals surface area contributed by atoms with Crippen molar-refractivity contribution in [1.29, 1.82) is 0 Å². The number of nitrogens with one attached hydrogen (secondary N) is 2. The minimum Gasteiger partial charge on any atom is -0.351 e. The summed E-state index contributed by atoms with van der Waals surface area (Å²) in [6, 6.07) is 10.1. The van der Waals surface area contributed by atoms with Crippen molar-refractivity contribution in [1.82, 2.24) is 19.9 Å². The van der Waals surface area contributed by atoms with Crippen molar-refractivity contribution in [2.45, 2.75) is 24.9 Å². The van der Waals surface area contributed by atoms with Crippen LogP contribution in [0.5, 0.6) is 0 Å². The van der Waals surface area contributed by atoms with Crippen LogP contribution < -0.4 is 15.5 Å². The van der Waals surface area contributed by atoms with E-state index in [-0.39, 0.29) is 5.91 Å². The van der Waals surface area contributed by atoms with Crippen molar-refractivity contribution in [2.24, 2.45) is 0 Å². The van der Waals surface area contributed by atoms with Gasteiger partial charge in [-0.2, -0.15) is 5.10 Å². The average Bonchev–Trinajstić information content (AvgIpc) is 3.14. The summed E-state index contributed by atoms with van der Waals surface area (Å²) in [7, 11) is 0. The van der Waals surface area contributed by atoms with Gasteiger partial charge in [-0.15, -0.1) is 0 Å². The van der Waals surface area contributed by atoms with E-state index >= 15 is 0 Å². The number of halogens is 1. The molecule has 0 spiro atoms. The first-order valence-electron chi connectivity index (χ1n) is 9.09. The van der Waals surface area contributed by atoms with E-state index < -0.39 is 0 Å². The summed E-state index contributed by atoms with van der Waals surface area (Å²) >= 11 is 6.15. The molecular formula is C19H19ClN6O. The van der Waals surface area contributed by atoms with Crippen LogP contribution in [0.3, 0.4) is 0 Å².